The van der Waals surface area contributed by atoms with Gasteiger partial charge in [-0.3, -0.25) is 0 Å². The van der Waals surface area contributed by atoms with Crippen LogP contribution in [0.1, 0.15) is 11.1 Å². The largest absolute Gasteiger partial charge is 0.347 e. The van der Waals surface area contributed by atoms with Gasteiger partial charge in [0.25, 0.3) is 0 Å². The van der Waals surface area contributed by atoms with Crippen LogP contribution in [0.25, 0.3) is 22.0 Å². The van der Waals surface area contributed by atoms with Crippen LogP contribution >= 0.6 is 0 Å². The maximum absolute atomic E-state index is 12.1. The molecule has 5 nitrogen and oxygen atoms in total. The molecule has 29 heavy (non-hydrogen) atoms. The predicted octanol–water partition coefficient (Wildman–Crippen LogP) is 4.22. The number of fused-ring (bicyclic) bond motifs is 4. The summed E-state index contributed by atoms with van der Waals surface area (Å²) >= 11 is 0. The quantitative estimate of drug-likeness (QED) is 0.503. The fourth-order valence-corrected chi connectivity index (χ4v) is 4.61. The SMILES string of the molecule is CS(=O)(=O)c1ccc2ncnc(N3Cc4ccccc4-c4ccccc4C3)c2c1. The van der Waals surface area contributed by atoms with Gasteiger partial charge in [0.1, 0.15) is 12.1 Å². The lowest BCUT2D eigenvalue weighted by molar-refractivity contribution is 0.602. The van der Waals surface area contributed by atoms with Crippen LogP contribution in [0.2, 0.25) is 0 Å². The first-order valence-electron chi connectivity index (χ1n) is 9.37. The Morgan fingerprint density at radius 3 is 2.07 bits per heavy atom. The van der Waals surface area contributed by atoms with Gasteiger partial charge in [-0.25, -0.2) is 18.4 Å². The highest BCUT2D eigenvalue weighted by atomic mass is 32.2. The molecule has 6 heteroatoms. The molecule has 0 aliphatic carbocycles. The third-order valence-corrected chi connectivity index (χ3v) is 6.47. The highest BCUT2D eigenvalue weighted by Gasteiger charge is 2.22. The molecule has 144 valence electrons. The molecule has 0 fully saturated rings. The molecule has 3 aromatic carbocycles. The van der Waals surface area contributed by atoms with Crippen molar-refractivity contribution in [1.82, 2.24) is 9.97 Å². The van der Waals surface area contributed by atoms with E-state index in [4.69, 9.17) is 0 Å². The Hall–Kier alpha value is -3.25. The number of nitrogens with zero attached hydrogens (tertiary/aromatic N) is 3. The van der Waals surface area contributed by atoms with E-state index >= 15 is 0 Å². The molecule has 0 N–H and O–H groups in total. The molecule has 1 aliphatic heterocycles. The van der Waals surface area contributed by atoms with Gasteiger partial charge in [0.15, 0.2) is 9.84 Å². The second kappa shape index (κ2) is 6.67. The summed E-state index contributed by atoms with van der Waals surface area (Å²) in [5.41, 5.74) is 5.60. The monoisotopic (exact) mass is 401 g/mol. The highest BCUT2D eigenvalue weighted by Crippen LogP contribution is 2.36. The first-order chi connectivity index (χ1) is 14.0. The Bertz CT molecular complexity index is 1300. The van der Waals surface area contributed by atoms with E-state index in [1.165, 1.54) is 28.5 Å². The van der Waals surface area contributed by atoms with Gasteiger partial charge in [-0.1, -0.05) is 48.5 Å². The smallest absolute Gasteiger partial charge is 0.175 e. The van der Waals surface area contributed by atoms with Gasteiger partial charge in [-0.2, -0.15) is 0 Å². The molecule has 0 amide bonds. The van der Waals surface area contributed by atoms with Crippen LogP contribution in [0.15, 0.2) is 78.0 Å². The molecule has 0 unspecified atom stereocenters. The van der Waals surface area contributed by atoms with E-state index in [0.29, 0.717) is 13.1 Å². The van der Waals surface area contributed by atoms with Crippen molar-refractivity contribution in [3.05, 3.63) is 84.2 Å². The molecule has 0 radical (unpaired) electrons. The molecule has 0 spiro atoms. The predicted molar refractivity (Wildman–Crippen MR) is 114 cm³/mol. The molecule has 0 saturated carbocycles. The van der Waals surface area contributed by atoms with Crippen molar-refractivity contribution in [1.29, 1.82) is 0 Å². The second-order valence-electron chi connectivity index (χ2n) is 7.32. The molecule has 0 atom stereocenters. The molecule has 0 bridgehead atoms. The van der Waals surface area contributed by atoms with Crippen LogP contribution in [0.5, 0.6) is 0 Å². The molecular weight excluding hydrogens is 382 g/mol. The minimum absolute atomic E-state index is 0.275. The van der Waals surface area contributed by atoms with Crippen LogP contribution in [-0.2, 0) is 22.9 Å². The highest BCUT2D eigenvalue weighted by molar-refractivity contribution is 7.90. The third-order valence-electron chi connectivity index (χ3n) is 5.36. The van der Waals surface area contributed by atoms with Gasteiger partial charge in [0, 0.05) is 24.7 Å². The minimum atomic E-state index is -3.32. The number of hydrogen-bond donors (Lipinski definition) is 0. The fourth-order valence-electron chi connectivity index (χ4n) is 3.96. The maximum atomic E-state index is 12.1. The van der Waals surface area contributed by atoms with E-state index in [2.05, 4.69) is 51.3 Å². The lowest BCUT2D eigenvalue weighted by atomic mass is 9.97. The van der Waals surface area contributed by atoms with Gasteiger partial charge in [0.2, 0.25) is 0 Å². The number of benzene rings is 3. The Labute approximate surface area is 169 Å². The molecule has 4 aromatic rings. The van der Waals surface area contributed by atoms with Gasteiger partial charge in [-0.15, -0.1) is 0 Å². The van der Waals surface area contributed by atoms with Crippen LogP contribution in [0, 0.1) is 0 Å². The Balaban J connectivity index is 1.72. The first kappa shape index (κ1) is 17.8. The van der Waals surface area contributed by atoms with Crippen molar-refractivity contribution in [2.75, 3.05) is 11.2 Å². The zero-order valence-corrected chi connectivity index (χ0v) is 16.7. The Morgan fingerprint density at radius 1 is 0.828 bits per heavy atom. The summed E-state index contributed by atoms with van der Waals surface area (Å²) in [6.07, 6.45) is 2.76. The standard InChI is InChI=1S/C23H19N3O2S/c1-29(27,28)18-10-11-22-21(12-18)23(25-15-24-22)26-13-16-6-2-4-8-19(16)20-9-5-3-7-17(20)14-26/h2-12,15H,13-14H2,1H3. The number of hydrogen-bond acceptors (Lipinski definition) is 5. The molecule has 5 rings (SSSR count). The topological polar surface area (TPSA) is 63.2 Å². The summed E-state index contributed by atoms with van der Waals surface area (Å²) in [6, 6.07) is 21.8. The Kier molecular flexibility index (Phi) is 4.10. The lowest BCUT2D eigenvalue weighted by Crippen LogP contribution is -2.22. The van der Waals surface area contributed by atoms with Crippen molar-refractivity contribution < 1.29 is 8.42 Å². The fraction of sp³-hybridized carbons (Fsp3) is 0.130. The summed E-state index contributed by atoms with van der Waals surface area (Å²) < 4.78 is 24.2. The lowest BCUT2D eigenvalue weighted by Gasteiger charge is -2.24. The third kappa shape index (κ3) is 3.15. The molecule has 0 saturated heterocycles. The van der Waals surface area contributed by atoms with E-state index in [1.54, 1.807) is 24.5 Å². The molecule has 1 aliphatic rings. The minimum Gasteiger partial charge on any atom is -0.347 e. The van der Waals surface area contributed by atoms with Gasteiger partial charge >= 0.3 is 0 Å². The first-order valence-corrected chi connectivity index (χ1v) is 11.3. The zero-order valence-electron chi connectivity index (χ0n) is 15.9. The van der Waals surface area contributed by atoms with Crippen molar-refractivity contribution >= 4 is 26.6 Å². The van der Waals surface area contributed by atoms with E-state index in [0.717, 1.165) is 16.7 Å². The summed E-state index contributed by atoms with van der Waals surface area (Å²) in [7, 11) is -3.32. The van der Waals surface area contributed by atoms with E-state index in [9.17, 15) is 8.42 Å². The summed E-state index contributed by atoms with van der Waals surface area (Å²) in [5, 5.41) is 0.743. The van der Waals surface area contributed by atoms with Gasteiger partial charge < -0.3 is 4.90 Å². The van der Waals surface area contributed by atoms with Crippen molar-refractivity contribution in [3.63, 3.8) is 0 Å². The van der Waals surface area contributed by atoms with Crippen LogP contribution in [0.4, 0.5) is 5.82 Å². The average Bonchev–Trinajstić information content (AvgIpc) is 2.89. The number of rotatable bonds is 2. The van der Waals surface area contributed by atoms with Gasteiger partial charge in [-0.05, 0) is 40.5 Å². The molecule has 1 aromatic heterocycles. The van der Waals surface area contributed by atoms with E-state index < -0.39 is 9.84 Å². The van der Waals surface area contributed by atoms with Crippen LogP contribution in [-0.4, -0.2) is 24.6 Å². The Morgan fingerprint density at radius 2 is 1.45 bits per heavy atom. The van der Waals surface area contributed by atoms with Crippen molar-refractivity contribution in [2.45, 2.75) is 18.0 Å². The van der Waals surface area contributed by atoms with Crippen LogP contribution < -0.4 is 4.90 Å². The second-order valence-corrected chi connectivity index (χ2v) is 9.33. The normalized spacial score (nSPS) is 13.6. The summed E-state index contributed by atoms with van der Waals surface area (Å²) in [6.45, 7) is 1.36. The zero-order chi connectivity index (χ0) is 20.0. The van der Waals surface area contributed by atoms with Gasteiger partial charge in [0.05, 0.1) is 10.4 Å². The average molecular weight is 401 g/mol. The summed E-state index contributed by atoms with van der Waals surface area (Å²) in [4.78, 5) is 11.4. The van der Waals surface area contributed by atoms with Crippen molar-refractivity contribution in [2.24, 2.45) is 0 Å². The van der Waals surface area contributed by atoms with Crippen LogP contribution in [0.3, 0.4) is 0 Å². The summed E-state index contributed by atoms with van der Waals surface area (Å²) in [5.74, 6) is 0.743. The van der Waals surface area contributed by atoms with E-state index in [-0.39, 0.29) is 4.90 Å². The number of anilines is 1. The molecular formula is C23H19N3O2S. The van der Waals surface area contributed by atoms with E-state index in [1.807, 2.05) is 12.1 Å². The maximum Gasteiger partial charge on any atom is 0.175 e. The number of aromatic nitrogens is 2. The van der Waals surface area contributed by atoms with Crippen molar-refractivity contribution in [3.8, 4) is 11.1 Å². The molecule has 2 heterocycles. The number of sulfone groups is 1.